The van der Waals surface area contributed by atoms with E-state index in [0.29, 0.717) is 11.8 Å². The Morgan fingerprint density at radius 1 is 0.909 bits per heavy atom. The first-order valence-electron chi connectivity index (χ1n) is 4.16. The molecule has 0 aromatic carbocycles. The van der Waals surface area contributed by atoms with Gasteiger partial charge in [0.25, 0.3) is 0 Å². The maximum Gasteiger partial charge on any atom is 0.0672 e. The van der Waals surface area contributed by atoms with Crippen molar-refractivity contribution >= 4 is 0 Å². The van der Waals surface area contributed by atoms with E-state index in [1.54, 1.807) is 0 Å². The summed E-state index contributed by atoms with van der Waals surface area (Å²) < 4.78 is 0. The second kappa shape index (κ2) is 2.24. The Hall–Kier alpha value is -1.02. The standard InChI is InChI=1S/C9H10N2/c10-4-8-6-1-2-7(3-6)9(8)5-11/h6-9H,1-3H2/t6-,7+,8-,9-/m1/s1. The number of hydrogen-bond acceptors (Lipinski definition) is 2. The average Bonchev–Trinajstić information content (AvgIpc) is 2.60. The van der Waals surface area contributed by atoms with Gasteiger partial charge in [-0.3, -0.25) is 0 Å². The van der Waals surface area contributed by atoms with Gasteiger partial charge < -0.3 is 0 Å². The van der Waals surface area contributed by atoms with E-state index in [1.165, 1.54) is 12.8 Å². The van der Waals surface area contributed by atoms with Crippen LogP contribution in [-0.4, -0.2) is 0 Å². The van der Waals surface area contributed by atoms with Crippen molar-refractivity contribution in [1.29, 1.82) is 10.5 Å². The SMILES string of the molecule is N#C[C@@H]1[C@@H]2CC[C@@H](C2)[C@H]1C#N. The molecule has 4 atom stereocenters. The third-order valence-electron chi connectivity index (χ3n) is 3.21. The van der Waals surface area contributed by atoms with Crippen molar-refractivity contribution in [2.75, 3.05) is 0 Å². The van der Waals surface area contributed by atoms with Crippen LogP contribution in [0.5, 0.6) is 0 Å². The van der Waals surface area contributed by atoms with Gasteiger partial charge in [-0.15, -0.1) is 0 Å². The van der Waals surface area contributed by atoms with Gasteiger partial charge in [-0.05, 0) is 31.1 Å². The molecular weight excluding hydrogens is 136 g/mol. The highest BCUT2D eigenvalue weighted by atomic mass is 14.5. The first kappa shape index (κ1) is 6.68. The van der Waals surface area contributed by atoms with E-state index in [2.05, 4.69) is 12.1 Å². The summed E-state index contributed by atoms with van der Waals surface area (Å²) in [6.07, 6.45) is 3.50. The van der Waals surface area contributed by atoms with Crippen molar-refractivity contribution in [3.05, 3.63) is 0 Å². The fraction of sp³-hybridized carbons (Fsp3) is 0.778. The van der Waals surface area contributed by atoms with Crippen molar-refractivity contribution < 1.29 is 0 Å². The molecule has 0 saturated heterocycles. The Labute approximate surface area is 66.4 Å². The van der Waals surface area contributed by atoms with Crippen molar-refractivity contribution in [2.45, 2.75) is 19.3 Å². The van der Waals surface area contributed by atoms with E-state index in [1.807, 2.05) is 0 Å². The first-order chi connectivity index (χ1) is 5.36. The molecule has 0 amide bonds. The summed E-state index contributed by atoms with van der Waals surface area (Å²) in [5.74, 6) is 1.21. The Morgan fingerprint density at radius 3 is 1.73 bits per heavy atom. The summed E-state index contributed by atoms with van der Waals surface area (Å²) in [5.41, 5.74) is 0. The lowest BCUT2D eigenvalue weighted by atomic mass is 9.81. The van der Waals surface area contributed by atoms with Gasteiger partial charge in [0.2, 0.25) is 0 Å². The van der Waals surface area contributed by atoms with Crippen LogP contribution in [0, 0.1) is 46.3 Å². The Kier molecular flexibility index (Phi) is 1.36. The highest BCUT2D eigenvalue weighted by molar-refractivity contribution is 5.11. The predicted octanol–water partition coefficient (Wildman–Crippen LogP) is 1.70. The molecule has 2 heteroatoms. The van der Waals surface area contributed by atoms with Gasteiger partial charge in [0.15, 0.2) is 0 Å². The number of fused-ring (bicyclic) bond motifs is 2. The van der Waals surface area contributed by atoms with Crippen molar-refractivity contribution in [3.8, 4) is 12.1 Å². The molecule has 2 bridgehead atoms. The molecular formula is C9H10N2. The third kappa shape index (κ3) is 0.761. The van der Waals surface area contributed by atoms with Crippen LogP contribution < -0.4 is 0 Å². The van der Waals surface area contributed by atoms with Crippen LogP contribution in [0.4, 0.5) is 0 Å². The van der Waals surface area contributed by atoms with Gasteiger partial charge in [0.05, 0.1) is 24.0 Å². The largest absolute Gasteiger partial charge is 0.198 e. The summed E-state index contributed by atoms with van der Waals surface area (Å²) >= 11 is 0. The van der Waals surface area contributed by atoms with E-state index in [-0.39, 0.29) is 11.8 Å². The third-order valence-corrected chi connectivity index (χ3v) is 3.21. The first-order valence-corrected chi connectivity index (χ1v) is 4.16. The molecule has 0 aliphatic heterocycles. The van der Waals surface area contributed by atoms with Crippen LogP contribution in [0.1, 0.15) is 19.3 Å². The molecule has 0 spiro atoms. The molecule has 2 fully saturated rings. The molecule has 2 nitrogen and oxygen atoms in total. The molecule has 0 aromatic rings. The molecule has 0 unspecified atom stereocenters. The molecule has 2 aliphatic carbocycles. The molecule has 2 aliphatic rings. The van der Waals surface area contributed by atoms with Crippen molar-refractivity contribution in [1.82, 2.24) is 0 Å². The maximum atomic E-state index is 8.79. The predicted molar refractivity (Wildman–Crippen MR) is 39.0 cm³/mol. The lowest BCUT2D eigenvalue weighted by Crippen LogP contribution is -2.19. The molecule has 11 heavy (non-hydrogen) atoms. The summed E-state index contributed by atoms with van der Waals surface area (Å²) in [5, 5.41) is 17.6. The smallest absolute Gasteiger partial charge is 0.0672 e. The average molecular weight is 146 g/mol. The van der Waals surface area contributed by atoms with Crippen LogP contribution in [0.15, 0.2) is 0 Å². The molecule has 0 aromatic heterocycles. The minimum absolute atomic E-state index is 0.0544. The van der Waals surface area contributed by atoms with E-state index in [9.17, 15) is 0 Å². The monoisotopic (exact) mass is 146 g/mol. The number of nitrogens with zero attached hydrogens (tertiary/aromatic N) is 2. The molecule has 56 valence electrons. The van der Waals surface area contributed by atoms with Gasteiger partial charge in [0.1, 0.15) is 0 Å². The van der Waals surface area contributed by atoms with Crippen LogP contribution in [0.3, 0.4) is 0 Å². The quantitative estimate of drug-likeness (QED) is 0.522. The topological polar surface area (TPSA) is 47.6 Å². The van der Waals surface area contributed by atoms with E-state index in [0.717, 1.165) is 6.42 Å². The molecule has 0 N–H and O–H groups in total. The summed E-state index contributed by atoms with van der Waals surface area (Å²) in [4.78, 5) is 0. The number of rotatable bonds is 0. The Morgan fingerprint density at radius 2 is 1.36 bits per heavy atom. The molecule has 0 heterocycles. The molecule has 2 rings (SSSR count). The second-order valence-corrected chi connectivity index (χ2v) is 3.64. The van der Waals surface area contributed by atoms with E-state index in [4.69, 9.17) is 10.5 Å². The Balaban J connectivity index is 2.24. The van der Waals surface area contributed by atoms with Crippen LogP contribution >= 0.6 is 0 Å². The van der Waals surface area contributed by atoms with Crippen molar-refractivity contribution in [2.24, 2.45) is 23.7 Å². The second-order valence-electron chi connectivity index (χ2n) is 3.64. The number of hydrogen-bond donors (Lipinski definition) is 0. The maximum absolute atomic E-state index is 8.79. The van der Waals surface area contributed by atoms with Gasteiger partial charge in [-0.2, -0.15) is 10.5 Å². The highest BCUT2D eigenvalue weighted by Gasteiger charge is 2.47. The van der Waals surface area contributed by atoms with E-state index < -0.39 is 0 Å². The Bertz CT molecular complexity index is 219. The van der Waals surface area contributed by atoms with E-state index >= 15 is 0 Å². The zero-order chi connectivity index (χ0) is 7.84. The minimum atomic E-state index is 0.0544. The van der Waals surface area contributed by atoms with Gasteiger partial charge in [-0.1, -0.05) is 0 Å². The summed E-state index contributed by atoms with van der Waals surface area (Å²) in [7, 11) is 0. The summed E-state index contributed by atoms with van der Waals surface area (Å²) in [6.45, 7) is 0. The van der Waals surface area contributed by atoms with Gasteiger partial charge in [-0.25, -0.2) is 0 Å². The lowest BCUT2D eigenvalue weighted by molar-refractivity contribution is 0.332. The van der Waals surface area contributed by atoms with Gasteiger partial charge >= 0.3 is 0 Å². The van der Waals surface area contributed by atoms with Crippen molar-refractivity contribution in [3.63, 3.8) is 0 Å². The lowest BCUT2D eigenvalue weighted by Gasteiger charge is -2.19. The van der Waals surface area contributed by atoms with Crippen LogP contribution in [-0.2, 0) is 0 Å². The summed E-state index contributed by atoms with van der Waals surface area (Å²) in [6, 6.07) is 4.55. The number of nitriles is 2. The zero-order valence-electron chi connectivity index (χ0n) is 6.33. The fourth-order valence-electron chi connectivity index (χ4n) is 2.66. The van der Waals surface area contributed by atoms with Crippen LogP contribution in [0.2, 0.25) is 0 Å². The normalized spacial score (nSPS) is 46.7. The van der Waals surface area contributed by atoms with Gasteiger partial charge in [0, 0.05) is 0 Å². The minimum Gasteiger partial charge on any atom is -0.198 e. The van der Waals surface area contributed by atoms with Crippen LogP contribution in [0.25, 0.3) is 0 Å². The molecule has 2 saturated carbocycles. The molecule has 0 radical (unpaired) electrons. The zero-order valence-corrected chi connectivity index (χ0v) is 6.33. The fourth-order valence-corrected chi connectivity index (χ4v) is 2.66. The highest BCUT2D eigenvalue weighted by Crippen LogP contribution is 2.51.